The number of pyridine rings is 1. The topological polar surface area (TPSA) is 85.1 Å². The number of hydrogen-bond acceptors (Lipinski definition) is 4. The van der Waals surface area contributed by atoms with Gasteiger partial charge < -0.3 is 11.1 Å². The first-order chi connectivity index (χ1) is 15.1. The van der Waals surface area contributed by atoms with Crippen LogP contribution in [0.4, 0.5) is 5.69 Å². The maximum atomic E-state index is 12.5. The van der Waals surface area contributed by atoms with Gasteiger partial charge in [-0.2, -0.15) is 0 Å². The van der Waals surface area contributed by atoms with Crippen LogP contribution < -0.4 is 11.1 Å². The first-order valence-electron chi connectivity index (χ1n) is 10.8. The van der Waals surface area contributed by atoms with Crippen molar-refractivity contribution in [2.24, 2.45) is 5.73 Å². The lowest BCUT2D eigenvalue weighted by Gasteiger charge is -2.39. The van der Waals surface area contributed by atoms with Crippen LogP contribution in [0.5, 0.6) is 0 Å². The maximum absolute atomic E-state index is 12.5. The second-order valence-electron chi connectivity index (χ2n) is 9.85. The Labute approximate surface area is 189 Å². The second-order valence-corrected chi connectivity index (χ2v) is 9.85. The molecule has 32 heavy (non-hydrogen) atoms. The summed E-state index contributed by atoms with van der Waals surface area (Å²) in [6.07, 6.45) is 4.95. The Morgan fingerprint density at radius 3 is 2.44 bits per heavy atom. The summed E-state index contributed by atoms with van der Waals surface area (Å²) in [7, 11) is 0. The molecule has 1 aliphatic heterocycles. The van der Waals surface area contributed by atoms with Crippen LogP contribution in [0, 0.1) is 0 Å². The van der Waals surface area contributed by atoms with Gasteiger partial charge in [0.1, 0.15) is 6.29 Å². The smallest absolute Gasteiger partial charge is 0.227 e. The molecule has 0 aliphatic carbocycles. The predicted octanol–water partition coefficient (Wildman–Crippen LogP) is 5.16. The molecule has 0 radical (unpaired) electrons. The number of anilines is 1. The minimum Gasteiger partial charge on any atom is -0.378 e. The first kappa shape index (κ1) is 21.8. The van der Waals surface area contributed by atoms with Gasteiger partial charge in [0.25, 0.3) is 0 Å². The van der Waals surface area contributed by atoms with E-state index in [1.54, 1.807) is 12.1 Å². The molecule has 1 aromatic heterocycles. The van der Waals surface area contributed by atoms with Gasteiger partial charge in [-0.25, -0.2) is 0 Å². The zero-order valence-corrected chi connectivity index (χ0v) is 19.0. The Hall–Kier alpha value is -3.47. The second kappa shape index (κ2) is 7.90. The van der Waals surface area contributed by atoms with Gasteiger partial charge in [-0.3, -0.25) is 14.6 Å². The lowest BCUT2D eigenvalue weighted by atomic mass is 9.71. The molecule has 0 fully saturated rings. The van der Waals surface area contributed by atoms with E-state index >= 15 is 0 Å². The van der Waals surface area contributed by atoms with E-state index in [4.69, 9.17) is 5.73 Å². The molecule has 3 aromatic rings. The highest BCUT2D eigenvalue weighted by atomic mass is 16.1. The Bertz CT molecular complexity index is 1180. The van der Waals surface area contributed by atoms with Crippen molar-refractivity contribution in [2.45, 2.75) is 51.0 Å². The van der Waals surface area contributed by atoms with Crippen LogP contribution in [0.3, 0.4) is 0 Å². The van der Waals surface area contributed by atoms with Gasteiger partial charge >= 0.3 is 0 Å². The normalized spacial score (nSPS) is 20.2. The van der Waals surface area contributed by atoms with Crippen LogP contribution in [0.15, 0.2) is 60.9 Å². The molecule has 5 heteroatoms. The zero-order chi connectivity index (χ0) is 23.1. The summed E-state index contributed by atoms with van der Waals surface area (Å²) in [6.45, 7) is 8.44. The number of carbonyl (C=O) groups is 2. The van der Waals surface area contributed by atoms with E-state index in [1.807, 2.05) is 25.4 Å². The van der Waals surface area contributed by atoms with Gasteiger partial charge in [0.2, 0.25) is 5.91 Å². The number of nitrogens with two attached hydrogens (primary N) is 1. The third-order valence-corrected chi connectivity index (χ3v) is 6.51. The van der Waals surface area contributed by atoms with E-state index in [9.17, 15) is 9.59 Å². The van der Waals surface area contributed by atoms with Crippen LogP contribution >= 0.6 is 0 Å². The molecule has 0 spiro atoms. The fraction of sp³-hybridized carbons (Fsp3) is 0.296. The molecule has 0 saturated heterocycles. The van der Waals surface area contributed by atoms with Crippen molar-refractivity contribution in [2.75, 3.05) is 5.32 Å². The monoisotopic (exact) mass is 427 g/mol. The molecule has 1 aliphatic rings. The molecule has 3 N–H and O–H groups in total. The van der Waals surface area contributed by atoms with Gasteiger partial charge in [-0.1, -0.05) is 45.0 Å². The number of rotatable bonds is 4. The first-order valence-corrected chi connectivity index (χ1v) is 10.8. The number of nitrogens with one attached hydrogen (secondary N) is 1. The summed E-state index contributed by atoms with van der Waals surface area (Å²) in [5.41, 5.74) is 11.5. The quantitative estimate of drug-likeness (QED) is 0.563. The van der Waals surface area contributed by atoms with Crippen molar-refractivity contribution in [1.82, 2.24) is 4.98 Å². The number of fused-ring (bicyclic) bond motifs is 1. The van der Waals surface area contributed by atoms with Crippen LogP contribution in [0.1, 0.15) is 67.2 Å². The number of benzene rings is 2. The largest absolute Gasteiger partial charge is 0.378 e. The minimum atomic E-state index is -0.894. The summed E-state index contributed by atoms with van der Waals surface area (Å²) in [5, 5.41) is 3.52. The van der Waals surface area contributed by atoms with Crippen LogP contribution in [0.25, 0.3) is 11.1 Å². The third kappa shape index (κ3) is 3.91. The van der Waals surface area contributed by atoms with Gasteiger partial charge in [0.05, 0.1) is 11.5 Å². The van der Waals surface area contributed by atoms with Crippen molar-refractivity contribution in [3.8, 4) is 11.1 Å². The van der Waals surface area contributed by atoms with Crippen molar-refractivity contribution in [3.05, 3.63) is 83.2 Å². The number of primary amides is 1. The molecule has 1 amide bonds. The van der Waals surface area contributed by atoms with E-state index in [-0.39, 0.29) is 11.5 Å². The number of carbonyl (C=O) groups excluding carboxylic acids is 2. The average Bonchev–Trinajstić information content (AvgIpc) is 2.78. The van der Waals surface area contributed by atoms with Crippen molar-refractivity contribution >= 4 is 17.9 Å². The lowest BCUT2D eigenvalue weighted by Crippen LogP contribution is -2.44. The van der Waals surface area contributed by atoms with E-state index in [0.29, 0.717) is 12.0 Å². The number of aldehydes is 1. The number of amides is 1. The molecule has 0 saturated carbocycles. The molecule has 2 unspecified atom stereocenters. The fourth-order valence-electron chi connectivity index (χ4n) is 4.38. The summed E-state index contributed by atoms with van der Waals surface area (Å²) in [6, 6.07) is 15.9. The summed E-state index contributed by atoms with van der Waals surface area (Å²) < 4.78 is 0. The third-order valence-electron chi connectivity index (χ3n) is 6.51. The van der Waals surface area contributed by atoms with E-state index in [0.717, 1.165) is 34.2 Å². The van der Waals surface area contributed by atoms with Crippen LogP contribution in [-0.2, 0) is 15.6 Å². The van der Waals surface area contributed by atoms with Gasteiger partial charge in [0.15, 0.2) is 0 Å². The molecular weight excluding hydrogens is 398 g/mol. The van der Waals surface area contributed by atoms with Gasteiger partial charge in [-0.05, 0) is 65.3 Å². The SMILES string of the molecule is CC(C)(C)c1ccc(-c2cncc(C3CC(C)(C(N)=O)c4cc(C=O)ccc4N3)c2)cc1. The van der Waals surface area contributed by atoms with Crippen molar-refractivity contribution in [3.63, 3.8) is 0 Å². The van der Waals surface area contributed by atoms with Gasteiger partial charge in [0, 0.05) is 29.2 Å². The van der Waals surface area contributed by atoms with E-state index in [2.05, 4.69) is 61.4 Å². The molecule has 2 atom stereocenters. The summed E-state index contributed by atoms with van der Waals surface area (Å²) in [4.78, 5) is 28.3. The Morgan fingerprint density at radius 2 is 1.81 bits per heavy atom. The Balaban J connectivity index is 1.70. The molecule has 5 nitrogen and oxygen atoms in total. The van der Waals surface area contributed by atoms with Crippen LogP contribution in [0.2, 0.25) is 0 Å². The average molecular weight is 428 g/mol. The number of hydrogen-bond donors (Lipinski definition) is 2. The Kier molecular flexibility index (Phi) is 5.37. The maximum Gasteiger partial charge on any atom is 0.227 e. The predicted molar refractivity (Wildman–Crippen MR) is 128 cm³/mol. The highest BCUT2D eigenvalue weighted by molar-refractivity contribution is 5.90. The zero-order valence-electron chi connectivity index (χ0n) is 19.0. The fourth-order valence-corrected chi connectivity index (χ4v) is 4.38. The van der Waals surface area contributed by atoms with Crippen molar-refractivity contribution in [1.29, 1.82) is 0 Å². The molecular formula is C27H29N3O2. The number of aromatic nitrogens is 1. The molecule has 0 bridgehead atoms. The number of nitrogens with zero attached hydrogens (tertiary/aromatic N) is 1. The Morgan fingerprint density at radius 1 is 1.09 bits per heavy atom. The van der Waals surface area contributed by atoms with Crippen LogP contribution in [-0.4, -0.2) is 17.2 Å². The lowest BCUT2D eigenvalue weighted by molar-refractivity contribution is -0.123. The van der Waals surface area contributed by atoms with E-state index < -0.39 is 11.3 Å². The highest BCUT2D eigenvalue weighted by Crippen LogP contribution is 2.44. The summed E-state index contributed by atoms with van der Waals surface area (Å²) in [5.74, 6) is -0.407. The highest BCUT2D eigenvalue weighted by Gasteiger charge is 2.42. The molecule has 2 heterocycles. The van der Waals surface area contributed by atoms with Gasteiger partial charge in [-0.15, -0.1) is 0 Å². The van der Waals surface area contributed by atoms with E-state index in [1.165, 1.54) is 5.56 Å². The molecule has 4 rings (SSSR count). The summed E-state index contributed by atoms with van der Waals surface area (Å²) >= 11 is 0. The molecule has 164 valence electrons. The van der Waals surface area contributed by atoms with Crippen molar-refractivity contribution < 1.29 is 9.59 Å². The molecule has 2 aromatic carbocycles. The standard InChI is InChI=1S/C27H29N3O2/c1-26(2,3)21-8-6-18(7-9-21)19-12-20(15-29-14-19)24-13-27(4,25(28)32)22-11-17(16-31)5-10-23(22)30-24/h5-12,14-16,24,30H,13H2,1-4H3,(H2,28,32). The minimum absolute atomic E-state index is 0.0982.